The molecular weight excluding hydrogens is 440 g/mol. The van der Waals surface area contributed by atoms with Gasteiger partial charge in [0.1, 0.15) is 0 Å². The molecule has 0 heterocycles. The van der Waals surface area contributed by atoms with Gasteiger partial charge in [0.2, 0.25) is 11.7 Å². The highest BCUT2D eigenvalue weighted by molar-refractivity contribution is 5.93. The van der Waals surface area contributed by atoms with Gasteiger partial charge in [-0.15, -0.1) is 0 Å². The lowest BCUT2D eigenvalue weighted by molar-refractivity contribution is -0.121. The van der Waals surface area contributed by atoms with Crippen LogP contribution in [0, 0.1) is 0 Å². The Labute approximate surface area is 200 Å². The van der Waals surface area contributed by atoms with Crippen LogP contribution in [0.2, 0.25) is 0 Å². The van der Waals surface area contributed by atoms with E-state index < -0.39 is 5.97 Å². The first-order valence-corrected chi connectivity index (χ1v) is 11.0. The standard InChI is InChI=1S/C25H32N2O7/c1-6-7-8-9-10-23(28)27-26-16-17-11-12-19(20(13-17)30-2)34-25(29)18-14-21(31-3)24(33-5)22(15-18)32-4/h11-16H,6-10H2,1-5H3,(H,27,28)/b26-16+. The Morgan fingerprint density at radius 3 is 2.12 bits per heavy atom. The number of unbranched alkanes of at least 4 members (excludes halogenated alkanes) is 3. The molecule has 0 saturated carbocycles. The van der Waals surface area contributed by atoms with Crippen molar-refractivity contribution in [2.45, 2.75) is 39.0 Å². The maximum atomic E-state index is 12.8. The van der Waals surface area contributed by atoms with Crippen molar-refractivity contribution in [2.75, 3.05) is 28.4 Å². The highest BCUT2D eigenvalue weighted by atomic mass is 16.6. The summed E-state index contributed by atoms with van der Waals surface area (Å²) in [5.74, 6) is 0.828. The molecule has 2 aromatic rings. The third-order valence-electron chi connectivity index (χ3n) is 4.95. The van der Waals surface area contributed by atoms with Crippen molar-refractivity contribution in [3.05, 3.63) is 41.5 Å². The lowest BCUT2D eigenvalue weighted by Gasteiger charge is -2.14. The number of carbonyl (C=O) groups excluding carboxylic acids is 2. The van der Waals surface area contributed by atoms with E-state index in [0.29, 0.717) is 35.0 Å². The summed E-state index contributed by atoms with van der Waals surface area (Å²) in [6, 6.07) is 7.93. The number of amides is 1. The van der Waals surface area contributed by atoms with Crippen molar-refractivity contribution in [2.24, 2.45) is 5.10 Å². The molecule has 1 N–H and O–H groups in total. The molecule has 0 atom stereocenters. The van der Waals surface area contributed by atoms with Crippen molar-refractivity contribution >= 4 is 18.1 Å². The predicted octanol–water partition coefficient (Wildman–Crippen LogP) is 4.36. The Kier molecular flexibility index (Phi) is 10.7. The van der Waals surface area contributed by atoms with Gasteiger partial charge in [-0.3, -0.25) is 4.79 Å². The van der Waals surface area contributed by atoms with Crippen LogP contribution in [0.15, 0.2) is 35.4 Å². The van der Waals surface area contributed by atoms with Crippen LogP contribution in [0.5, 0.6) is 28.7 Å². The summed E-state index contributed by atoms with van der Waals surface area (Å²) in [4.78, 5) is 24.6. The zero-order chi connectivity index (χ0) is 24.9. The highest BCUT2D eigenvalue weighted by Crippen LogP contribution is 2.38. The van der Waals surface area contributed by atoms with Gasteiger partial charge in [-0.1, -0.05) is 26.2 Å². The predicted molar refractivity (Wildman–Crippen MR) is 129 cm³/mol. The number of benzene rings is 2. The molecule has 0 saturated heterocycles. The number of esters is 1. The fraction of sp³-hybridized carbons (Fsp3) is 0.400. The molecule has 9 nitrogen and oxygen atoms in total. The Hall–Kier alpha value is -3.75. The summed E-state index contributed by atoms with van der Waals surface area (Å²) in [5, 5.41) is 3.98. The SMILES string of the molecule is CCCCCCC(=O)N/N=C/c1ccc(OC(=O)c2cc(OC)c(OC)c(OC)c2)c(OC)c1. The number of nitrogens with one attached hydrogen (secondary N) is 1. The minimum Gasteiger partial charge on any atom is -0.493 e. The van der Waals surface area contributed by atoms with Gasteiger partial charge in [-0.2, -0.15) is 5.10 Å². The van der Waals surface area contributed by atoms with Gasteiger partial charge in [0.05, 0.1) is 40.2 Å². The van der Waals surface area contributed by atoms with E-state index in [1.54, 1.807) is 18.2 Å². The Bertz CT molecular complexity index is 980. The van der Waals surface area contributed by atoms with E-state index in [9.17, 15) is 9.59 Å². The minimum absolute atomic E-state index is 0.129. The van der Waals surface area contributed by atoms with Crippen LogP contribution in [0.3, 0.4) is 0 Å². The van der Waals surface area contributed by atoms with Crippen molar-refractivity contribution in [3.8, 4) is 28.7 Å². The van der Waals surface area contributed by atoms with Gasteiger partial charge in [0, 0.05) is 6.42 Å². The second kappa shape index (κ2) is 13.7. The van der Waals surface area contributed by atoms with Gasteiger partial charge >= 0.3 is 5.97 Å². The Morgan fingerprint density at radius 2 is 1.53 bits per heavy atom. The second-order valence-corrected chi connectivity index (χ2v) is 7.32. The topological polar surface area (TPSA) is 105 Å². The van der Waals surface area contributed by atoms with Gasteiger partial charge < -0.3 is 23.7 Å². The van der Waals surface area contributed by atoms with Crippen LogP contribution in [0.25, 0.3) is 0 Å². The maximum Gasteiger partial charge on any atom is 0.343 e. The van der Waals surface area contributed by atoms with E-state index in [1.807, 2.05) is 0 Å². The van der Waals surface area contributed by atoms with E-state index in [0.717, 1.165) is 25.7 Å². The molecule has 0 aliphatic carbocycles. The lowest BCUT2D eigenvalue weighted by Crippen LogP contribution is -2.16. The molecule has 0 aliphatic heterocycles. The van der Waals surface area contributed by atoms with Crippen LogP contribution >= 0.6 is 0 Å². The van der Waals surface area contributed by atoms with E-state index in [-0.39, 0.29) is 17.2 Å². The van der Waals surface area contributed by atoms with Crippen molar-refractivity contribution < 1.29 is 33.3 Å². The van der Waals surface area contributed by atoms with E-state index in [1.165, 1.54) is 46.8 Å². The fourth-order valence-corrected chi connectivity index (χ4v) is 3.15. The molecule has 9 heteroatoms. The number of nitrogens with zero attached hydrogens (tertiary/aromatic N) is 1. The van der Waals surface area contributed by atoms with E-state index >= 15 is 0 Å². The molecule has 2 aromatic carbocycles. The summed E-state index contributed by atoms with van der Waals surface area (Å²) in [6.45, 7) is 2.12. The van der Waals surface area contributed by atoms with Gasteiger partial charge in [-0.05, 0) is 42.3 Å². The van der Waals surface area contributed by atoms with E-state index in [2.05, 4.69) is 17.5 Å². The average molecular weight is 473 g/mol. The second-order valence-electron chi connectivity index (χ2n) is 7.32. The number of carbonyl (C=O) groups is 2. The van der Waals surface area contributed by atoms with Crippen LogP contribution in [-0.4, -0.2) is 46.5 Å². The van der Waals surface area contributed by atoms with Crippen LogP contribution in [0.1, 0.15) is 54.9 Å². The molecule has 0 aromatic heterocycles. The first-order valence-electron chi connectivity index (χ1n) is 11.0. The lowest BCUT2D eigenvalue weighted by atomic mass is 10.1. The molecule has 0 radical (unpaired) electrons. The van der Waals surface area contributed by atoms with Gasteiger partial charge in [0.25, 0.3) is 0 Å². The molecule has 34 heavy (non-hydrogen) atoms. The smallest absolute Gasteiger partial charge is 0.343 e. The van der Waals surface area contributed by atoms with Crippen molar-refractivity contribution in [1.82, 2.24) is 5.43 Å². The third kappa shape index (κ3) is 7.40. The summed E-state index contributed by atoms with van der Waals surface area (Å²) in [5.41, 5.74) is 3.39. The molecule has 0 unspecified atom stereocenters. The molecule has 1 amide bonds. The summed E-state index contributed by atoms with van der Waals surface area (Å²) in [6.07, 6.45) is 6.05. The highest BCUT2D eigenvalue weighted by Gasteiger charge is 2.19. The molecule has 0 bridgehead atoms. The molecule has 0 fully saturated rings. The minimum atomic E-state index is -0.630. The average Bonchev–Trinajstić information content (AvgIpc) is 2.86. The number of hydrogen-bond donors (Lipinski definition) is 1. The first kappa shape index (κ1) is 26.5. The molecular formula is C25H32N2O7. The number of hydrazone groups is 1. The van der Waals surface area contributed by atoms with Crippen molar-refractivity contribution in [1.29, 1.82) is 0 Å². The van der Waals surface area contributed by atoms with Crippen LogP contribution in [0.4, 0.5) is 0 Å². The molecule has 184 valence electrons. The largest absolute Gasteiger partial charge is 0.493 e. The Morgan fingerprint density at radius 1 is 0.853 bits per heavy atom. The third-order valence-corrected chi connectivity index (χ3v) is 4.95. The fourth-order valence-electron chi connectivity index (χ4n) is 3.15. The number of rotatable bonds is 13. The number of ether oxygens (including phenoxy) is 5. The quantitative estimate of drug-likeness (QED) is 0.152. The summed E-state index contributed by atoms with van der Waals surface area (Å²) in [7, 11) is 5.87. The zero-order valence-corrected chi connectivity index (χ0v) is 20.3. The van der Waals surface area contributed by atoms with Crippen LogP contribution < -0.4 is 29.1 Å². The van der Waals surface area contributed by atoms with Crippen LogP contribution in [-0.2, 0) is 4.79 Å². The maximum absolute atomic E-state index is 12.8. The number of methoxy groups -OCH3 is 4. The molecule has 0 aliphatic rings. The summed E-state index contributed by atoms with van der Waals surface area (Å²) < 4.78 is 26.7. The summed E-state index contributed by atoms with van der Waals surface area (Å²) >= 11 is 0. The number of hydrogen-bond acceptors (Lipinski definition) is 8. The molecule has 0 spiro atoms. The normalized spacial score (nSPS) is 10.6. The zero-order valence-electron chi connectivity index (χ0n) is 20.3. The van der Waals surface area contributed by atoms with Gasteiger partial charge in [0.15, 0.2) is 23.0 Å². The first-order chi connectivity index (χ1) is 16.5. The van der Waals surface area contributed by atoms with E-state index in [4.69, 9.17) is 23.7 Å². The molecule has 2 rings (SSSR count). The van der Waals surface area contributed by atoms with Crippen molar-refractivity contribution in [3.63, 3.8) is 0 Å². The monoisotopic (exact) mass is 472 g/mol. The van der Waals surface area contributed by atoms with Gasteiger partial charge in [-0.25, -0.2) is 10.2 Å². The Balaban J connectivity index is 2.08.